The topological polar surface area (TPSA) is 68.1 Å². The van der Waals surface area contributed by atoms with Gasteiger partial charge in [0.05, 0.1) is 18.8 Å². The minimum absolute atomic E-state index is 0.0908. The predicted octanol–water partition coefficient (Wildman–Crippen LogP) is 3.61. The maximum atomic E-state index is 13.0. The summed E-state index contributed by atoms with van der Waals surface area (Å²) in [5.74, 6) is -0.795. The van der Waals surface area contributed by atoms with Crippen LogP contribution in [0.3, 0.4) is 0 Å². The van der Waals surface area contributed by atoms with E-state index in [1.54, 1.807) is 12.3 Å². The number of nitrogens with zero attached hydrogens (tertiary/aromatic N) is 4. The Kier molecular flexibility index (Phi) is 3.21. The van der Waals surface area contributed by atoms with Gasteiger partial charge in [0.2, 0.25) is 0 Å². The van der Waals surface area contributed by atoms with Crippen LogP contribution >= 0.6 is 0 Å². The van der Waals surface area contributed by atoms with Crippen molar-refractivity contribution in [2.24, 2.45) is 0 Å². The second kappa shape index (κ2) is 5.20. The lowest BCUT2D eigenvalue weighted by molar-refractivity contribution is -0.144. The third-order valence-electron chi connectivity index (χ3n) is 3.95. The molecule has 9 heteroatoms. The molecule has 0 bridgehead atoms. The van der Waals surface area contributed by atoms with E-state index in [2.05, 4.69) is 20.3 Å². The Bertz CT molecular complexity index is 1100. The number of aromatic nitrogens is 5. The fraction of sp³-hybridized carbons (Fsp3) is 0.188. The van der Waals surface area contributed by atoms with E-state index >= 15 is 0 Å². The number of rotatable bonds is 2. The predicted molar refractivity (Wildman–Crippen MR) is 84.4 cm³/mol. The zero-order valence-corrected chi connectivity index (χ0v) is 13.2. The third kappa shape index (κ3) is 2.39. The number of benzene rings is 1. The quantitative estimate of drug-likeness (QED) is 0.601. The van der Waals surface area contributed by atoms with Crippen molar-refractivity contribution < 1.29 is 17.9 Å². The number of hydrogen-bond donors (Lipinski definition) is 1. The number of H-pyrrole nitrogens is 1. The Morgan fingerprint density at radius 1 is 1.20 bits per heavy atom. The first kappa shape index (κ1) is 15.4. The van der Waals surface area contributed by atoms with Crippen LogP contribution in [0.1, 0.15) is 11.4 Å². The van der Waals surface area contributed by atoms with Crippen LogP contribution in [0.25, 0.3) is 27.8 Å². The molecule has 0 unspecified atom stereocenters. The largest absolute Gasteiger partial charge is 0.494 e. The summed E-state index contributed by atoms with van der Waals surface area (Å²) in [5.41, 5.74) is 2.92. The van der Waals surface area contributed by atoms with Gasteiger partial charge in [-0.15, -0.1) is 5.10 Å². The maximum Gasteiger partial charge on any atom is 0.453 e. The monoisotopic (exact) mass is 347 g/mol. The van der Waals surface area contributed by atoms with Crippen LogP contribution in [-0.4, -0.2) is 31.9 Å². The van der Waals surface area contributed by atoms with Crippen molar-refractivity contribution in [3.63, 3.8) is 0 Å². The molecule has 0 amide bonds. The fourth-order valence-corrected chi connectivity index (χ4v) is 2.85. The third-order valence-corrected chi connectivity index (χ3v) is 3.95. The van der Waals surface area contributed by atoms with E-state index in [1.807, 2.05) is 19.1 Å². The van der Waals surface area contributed by atoms with Crippen LogP contribution < -0.4 is 4.74 Å². The number of pyridine rings is 1. The number of aromatic amines is 1. The van der Waals surface area contributed by atoms with Crippen LogP contribution in [0.5, 0.6) is 5.75 Å². The van der Waals surface area contributed by atoms with E-state index < -0.39 is 12.0 Å². The van der Waals surface area contributed by atoms with Gasteiger partial charge in [0.1, 0.15) is 11.4 Å². The highest BCUT2D eigenvalue weighted by Crippen LogP contribution is 2.35. The first-order valence-corrected chi connectivity index (χ1v) is 7.33. The van der Waals surface area contributed by atoms with Gasteiger partial charge in [0.25, 0.3) is 5.82 Å². The number of methoxy groups -OCH3 is 1. The molecule has 4 aromatic rings. The first-order chi connectivity index (χ1) is 11.9. The molecule has 0 radical (unpaired) electrons. The fourth-order valence-electron chi connectivity index (χ4n) is 2.85. The highest BCUT2D eigenvalue weighted by molar-refractivity contribution is 5.87. The average Bonchev–Trinajstić information content (AvgIpc) is 3.19. The molecule has 1 aromatic carbocycles. The number of ether oxygens (including phenoxy) is 1. The van der Waals surface area contributed by atoms with Crippen molar-refractivity contribution in [3.8, 4) is 17.0 Å². The van der Waals surface area contributed by atoms with Gasteiger partial charge in [-0.3, -0.25) is 5.10 Å². The summed E-state index contributed by atoms with van der Waals surface area (Å²) >= 11 is 0. The smallest absolute Gasteiger partial charge is 0.453 e. The lowest BCUT2D eigenvalue weighted by Gasteiger charge is -2.11. The van der Waals surface area contributed by atoms with Crippen molar-refractivity contribution in [2.45, 2.75) is 13.1 Å². The number of aryl methyl sites for hydroxylation is 1. The molecule has 3 heterocycles. The number of fused-ring (bicyclic) bond motifs is 2. The van der Waals surface area contributed by atoms with Crippen LogP contribution in [0, 0.1) is 6.92 Å². The van der Waals surface area contributed by atoms with Gasteiger partial charge in [0, 0.05) is 10.9 Å². The van der Waals surface area contributed by atoms with E-state index in [0.717, 1.165) is 21.0 Å². The summed E-state index contributed by atoms with van der Waals surface area (Å²) in [7, 11) is 1.45. The van der Waals surface area contributed by atoms with Crippen molar-refractivity contribution in [1.29, 1.82) is 0 Å². The molecule has 6 nitrogen and oxygen atoms in total. The molecule has 3 aromatic heterocycles. The average molecular weight is 347 g/mol. The maximum absolute atomic E-state index is 13.0. The molecular weight excluding hydrogens is 335 g/mol. The van der Waals surface area contributed by atoms with Crippen LogP contribution in [0.2, 0.25) is 0 Å². The molecule has 1 N–H and O–H groups in total. The van der Waals surface area contributed by atoms with Gasteiger partial charge in [0.15, 0.2) is 5.65 Å². The number of hydrogen-bond acceptors (Lipinski definition) is 4. The molecular formula is C16H12F3N5O. The zero-order chi connectivity index (χ0) is 17.8. The Morgan fingerprint density at radius 2 is 2.00 bits per heavy atom. The molecule has 4 rings (SSSR count). The van der Waals surface area contributed by atoms with E-state index in [-0.39, 0.29) is 5.65 Å². The van der Waals surface area contributed by atoms with E-state index in [1.165, 1.54) is 13.2 Å². The second-order valence-electron chi connectivity index (χ2n) is 5.58. The number of alkyl halides is 3. The van der Waals surface area contributed by atoms with Gasteiger partial charge >= 0.3 is 6.18 Å². The van der Waals surface area contributed by atoms with Crippen molar-refractivity contribution in [1.82, 2.24) is 24.8 Å². The van der Waals surface area contributed by atoms with Gasteiger partial charge in [-0.25, -0.2) is 9.50 Å². The molecule has 128 valence electrons. The Hall–Kier alpha value is -3.10. The second-order valence-corrected chi connectivity index (χ2v) is 5.58. The van der Waals surface area contributed by atoms with Gasteiger partial charge in [-0.05, 0) is 36.8 Å². The molecule has 0 saturated heterocycles. The Labute approximate surface area is 139 Å². The molecule has 0 aliphatic heterocycles. The van der Waals surface area contributed by atoms with Gasteiger partial charge in [-0.2, -0.15) is 18.3 Å². The van der Waals surface area contributed by atoms with Gasteiger partial charge in [-0.1, -0.05) is 0 Å². The summed E-state index contributed by atoms with van der Waals surface area (Å²) in [6, 6.07) is 6.67. The Balaban J connectivity index is 2.05. The molecule has 0 saturated carbocycles. The first-order valence-electron chi connectivity index (χ1n) is 7.33. The zero-order valence-electron chi connectivity index (χ0n) is 13.2. The minimum atomic E-state index is -4.62. The van der Waals surface area contributed by atoms with Crippen molar-refractivity contribution in [2.75, 3.05) is 7.11 Å². The van der Waals surface area contributed by atoms with Crippen molar-refractivity contribution in [3.05, 3.63) is 41.9 Å². The number of nitrogens with one attached hydrogen (secondary N) is 1. The Morgan fingerprint density at radius 3 is 2.72 bits per heavy atom. The number of halogens is 3. The van der Waals surface area contributed by atoms with Crippen LogP contribution in [0.4, 0.5) is 13.2 Å². The highest BCUT2D eigenvalue weighted by atomic mass is 19.4. The highest BCUT2D eigenvalue weighted by Gasteiger charge is 2.36. The molecule has 0 fully saturated rings. The molecule has 0 spiro atoms. The summed E-state index contributed by atoms with van der Waals surface area (Å²) in [6.07, 6.45) is -2.97. The lowest BCUT2D eigenvalue weighted by atomic mass is 10.0. The minimum Gasteiger partial charge on any atom is -0.494 e. The van der Waals surface area contributed by atoms with Crippen molar-refractivity contribution >= 4 is 16.6 Å². The molecule has 0 aliphatic carbocycles. The summed E-state index contributed by atoms with van der Waals surface area (Å²) < 4.78 is 45.5. The summed E-state index contributed by atoms with van der Waals surface area (Å²) in [4.78, 5) is 3.57. The van der Waals surface area contributed by atoms with E-state index in [4.69, 9.17) is 4.74 Å². The SMILES string of the molecule is COc1ccc2nc(C(F)(F)F)nn2c1-c1cc(C)c2[nH]ncc2c1. The van der Waals surface area contributed by atoms with E-state index in [9.17, 15) is 13.2 Å². The summed E-state index contributed by atoms with van der Waals surface area (Å²) in [5, 5.41) is 11.4. The normalized spacial score (nSPS) is 12.2. The van der Waals surface area contributed by atoms with Crippen LogP contribution in [0.15, 0.2) is 30.5 Å². The summed E-state index contributed by atoms with van der Waals surface area (Å²) in [6.45, 7) is 1.89. The molecule has 25 heavy (non-hydrogen) atoms. The van der Waals surface area contributed by atoms with Gasteiger partial charge < -0.3 is 4.74 Å². The lowest BCUT2D eigenvalue weighted by Crippen LogP contribution is -2.08. The standard InChI is InChI=1S/C16H12F3N5O/c1-8-5-9(6-10-7-20-22-13(8)10)14-11(25-2)3-4-12-21-15(16(17,18)19)23-24(12)14/h3-7H,1-2H3,(H,20,22). The van der Waals surface area contributed by atoms with E-state index in [0.29, 0.717) is 17.0 Å². The van der Waals surface area contributed by atoms with Crippen LogP contribution in [-0.2, 0) is 6.18 Å². The molecule has 0 aliphatic rings. The molecule has 0 atom stereocenters.